The summed E-state index contributed by atoms with van der Waals surface area (Å²) >= 11 is 0. The minimum absolute atomic E-state index is 0.441. The van der Waals surface area contributed by atoms with Gasteiger partial charge in [0.15, 0.2) is 0 Å². The van der Waals surface area contributed by atoms with Gasteiger partial charge >= 0.3 is 0 Å². The molecule has 1 atom stereocenters. The third-order valence-corrected chi connectivity index (χ3v) is 1.52. The first-order valence-corrected chi connectivity index (χ1v) is 4.01. The van der Waals surface area contributed by atoms with Gasteiger partial charge in [0.05, 0.1) is 5.75 Å². The summed E-state index contributed by atoms with van der Waals surface area (Å²) in [6.07, 6.45) is 1.27. The molecule has 0 fully saturated rings. The number of aliphatic hydroxyl groups is 2. The van der Waals surface area contributed by atoms with Crippen molar-refractivity contribution >= 4 is 10.8 Å². The zero-order valence-corrected chi connectivity index (χ0v) is 5.82. The largest absolute Gasteiger partial charge is 0.363 e. The van der Waals surface area contributed by atoms with Crippen LogP contribution in [0.5, 0.6) is 0 Å². The van der Waals surface area contributed by atoms with Crippen molar-refractivity contribution in [2.45, 2.75) is 5.79 Å². The molecule has 9 heavy (non-hydrogen) atoms. The maximum absolute atomic E-state index is 11.5. The highest BCUT2D eigenvalue weighted by Crippen LogP contribution is 2.00. The SMILES string of the molecule is CS(=O)CC(O)(O)CF. The molecule has 0 aromatic carbocycles. The summed E-state index contributed by atoms with van der Waals surface area (Å²) in [6.45, 7) is -1.29. The van der Waals surface area contributed by atoms with E-state index in [0.29, 0.717) is 0 Å². The molecule has 56 valence electrons. The Morgan fingerprint density at radius 2 is 2.11 bits per heavy atom. The van der Waals surface area contributed by atoms with E-state index in [9.17, 15) is 8.60 Å². The summed E-state index contributed by atoms with van der Waals surface area (Å²) in [7, 11) is -1.37. The predicted octanol–water partition coefficient (Wildman–Crippen LogP) is -0.985. The average molecular weight is 156 g/mol. The summed E-state index contributed by atoms with van der Waals surface area (Å²) in [5, 5.41) is 17.0. The van der Waals surface area contributed by atoms with Gasteiger partial charge in [0.1, 0.15) is 6.67 Å². The van der Waals surface area contributed by atoms with Crippen LogP contribution >= 0.6 is 0 Å². The molecule has 0 rings (SSSR count). The second-order valence-electron chi connectivity index (χ2n) is 1.83. The highest BCUT2D eigenvalue weighted by molar-refractivity contribution is 7.84. The van der Waals surface area contributed by atoms with Gasteiger partial charge in [-0.25, -0.2) is 4.39 Å². The molecule has 5 heteroatoms. The quantitative estimate of drug-likeness (QED) is 0.516. The Bertz CT molecular complexity index is 114. The van der Waals surface area contributed by atoms with E-state index < -0.39 is 29.0 Å². The fraction of sp³-hybridized carbons (Fsp3) is 1.00. The number of hydrogen-bond acceptors (Lipinski definition) is 3. The number of halogens is 1. The van der Waals surface area contributed by atoms with E-state index in [4.69, 9.17) is 10.2 Å². The molecule has 0 aliphatic carbocycles. The Hall–Kier alpha value is -0.0000000000000000555. The predicted molar refractivity (Wildman–Crippen MR) is 32.1 cm³/mol. The number of hydrogen-bond donors (Lipinski definition) is 2. The first-order chi connectivity index (χ1) is 3.98. The van der Waals surface area contributed by atoms with Crippen LogP contribution in [0.3, 0.4) is 0 Å². The smallest absolute Gasteiger partial charge is 0.203 e. The van der Waals surface area contributed by atoms with Gasteiger partial charge in [-0.3, -0.25) is 4.21 Å². The molecule has 2 N–H and O–H groups in total. The zero-order valence-electron chi connectivity index (χ0n) is 5.00. The first kappa shape index (κ1) is 9.00. The summed E-state index contributed by atoms with van der Waals surface area (Å²) in [5.74, 6) is -2.84. The molecule has 1 unspecified atom stereocenters. The fourth-order valence-electron chi connectivity index (χ4n) is 0.364. The second-order valence-corrected chi connectivity index (χ2v) is 3.27. The molecule has 0 bridgehead atoms. The third-order valence-electron chi connectivity index (χ3n) is 0.648. The Labute approximate surface area is 55.0 Å². The Balaban J connectivity index is 3.71. The molecule has 0 spiro atoms. The summed E-state index contributed by atoms with van der Waals surface area (Å²) in [6, 6.07) is 0. The van der Waals surface area contributed by atoms with Gasteiger partial charge in [-0.15, -0.1) is 0 Å². The van der Waals surface area contributed by atoms with E-state index in [1.165, 1.54) is 6.26 Å². The second kappa shape index (κ2) is 3.24. The average Bonchev–Trinajstić information content (AvgIpc) is 1.63. The highest BCUT2D eigenvalue weighted by Gasteiger charge is 2.23. The topological polar surface area (TPSA) is 57.5 Å². The molecule has 0 heterocycles. The Morgan fingerprint density at radius 3 is 2.22 bits per heavy atom. The lowest BCUT2D eigenvalue weighted by Crippen LogP contribution is -2.36. The van der Waals surface area contributed by atoms with E-state index in [0.717, 1.165) is 0 Å². The molecule has 0 saturated carbocycles. The third kappa shape index (κ3) is 4.50. The normalized spacial score (nSPS) is 15.6. The molecule has 0 aromatic rings. The van der Waals surface area contributed by atoms with Crippen LogP contribution in [-0.2, 0) is 10.8 Å². The molecule has 0 radical (unpaired) electrons. The van der Waals surface area contributed by atoms with Crippen molar-refractivity contribution in [1.29, 1.82) is 0 Å². The van der Waals surface area contributed by atoms with Gasteiger partial charge < -0.3 is 10.2 Å². The van der Waals surface area contributed by atoms with Crippen LogP contribution in [0, 0.1) is 0 Å². The van der Waals surface area contributed by atoms with Gasteiger partial charge in [-0.1, -0.05) is 0 Å². The maximum atomic E-state index is 11.5. The van der Waals surface area contributed by atoms with Crippen LogP contribution in [-0.4, -0.2) is 38.9 Å². The molecular weight excluding hydrogens is 147 g/mol. The summed E-state index contributed by atoms with van der Waals surface area (Å²) in [4.78, 5) is 0. The monoisotopic (exact) mass is 156 g/mol. The van der Waals surface area contributed by atoms with E-state index in [1.807, 2.05) is 0 Å². The van der Waals surface area contributed by atoms with Gasteiger partial charge in [0.2, 0.25) is 5.79 Å². The van der Waals surface area contributed by atoms with Crippen molar-refractivity contribution in [3.8, 4) is 0 Å². The van der Waals surface area contributed by atoms with Gasteiger partial charge in [-0.2, -0.15) is 0 Å². The van der Waals surface area contributed by atoms with Gasteiger partial charge in [0.25, 0.3) is 0 Å². The lowest BCUT2D eigenvalue weighted by Gasteiger charge is -2.14. The van der Waals surface area contributed by atoms with E-state index in [2.05, 4.69) is 0 Å². The van der Waals surface area contributed by atoms with Crippen molar-refractivity contribution < 1.29 is 18.8 Å². The van der Waals surface area contributed by atoms with Crippen LogP contribution < -0.4 is 0 Å². The number of alkyl halides is 1. The Morgan fingerprint density at radius 1 is 1.67 bits per heavy atom. The van der Waals surface area contributed by atoms with Gasteiger partial charge in [0, 0.05) is 17.1 Å². The zero-order chi connectivity index (χ0) is 7.49. The fourth-order valence-corrected chi connectivity index (χ4v) is 1.09. The van der Waals surface area contributed by atoms with Crippen LogP contribution in [0.25, 0.3) is 0 Å². The maximum Gasteiger partial charge on any atom is 0.203 e. The van der Waals surface area contributed by atoms with Crippen LogP contribution in [0.1, 0.15) is 0 Å². The Kier molecular flexibility index (Phi) is 3.24. The molecule has 3 nitrogen and oxygen atoms in total. The number of rotatable bonds is 3. The van der Waals surface area contributed by atoms with E-state index in [1.54, 1.807) is 0 Å². The standard InChI is InChI=1S/C4H9FO3S/c1-9(8)3-4(6,7)2-5/h6-7H,2-3H2,1H3. The van der Waals surface area contributed by atoms with Crippen LogP contribution in [0.15, 0.2) is 0 Å². The van der Waals surface area contributed by atoms with Crippen LogP contribution in [0.2, 0.25) is 0 Å². The van der Waals surface area contributed by atoms with Crippen molar-refractivity contribution in [3.05, 3.63) is 0 Å². The van der Waals surface area contributed by atoms with Crippen LogP contribution in [0.4, 0.5) is 4.39 Å². The molecule has 0 aromatic heterocycles. The lowest BCUT2D eigenvalue weighted by atomic mass is 10.4. The first-order valence-electron chi connectivity index (χ1n) is 2.29. The van der Waals surface area contributed by atoms with Gasteiger partial charge in [-0.05, 0) is 0 Å². The molecule has 0 amide bonds. The molecule has 0 aliphatic heterocycles. The van der Waals surface area contributed by atoms with Crippen molar-refractivity contribution in [2.75, 3.05) is 18.7 Å². The van der Waals surface area contributed by atoms with Crippen molar-refractivity contribution in [2.24, 2.45) is 0 Å². The molecule has 0 saturated heterocycles. The lowest BCUT2D eigenvalue weighted by molar-refractivity contribution is -0.152. The van der Waals surface area contributed by atoms with Crippen molar-refractivity contribution in [1.82, 2.24) is 0 Å². The highest BCUT2D eigenvalue weighted by atomic mass is 32.2. The minimum atomic E-state index is -2.40. The molecular formula is C4H9FO3S. The minimum Gasteiger partial charge on any atom is -0.363 e. The molecule has 0 aliphatic rings. The summed E-state index contributed by atoms with van der Waals surface area (Å²) < 4.78 is 21.7. The van der Waals surface area contributed by atoms with E-state index >= 15 is 0 Å². The van der Waals surface area contributed by atoms with Crippen molar-refractivity contribution in [3.63, 3.8) is 0 Å². The summed E-state index contributed by atoms with van der Waals surface area (Å²) in [5.41, 5.74) is 0. The van der Waals surface area contributed by atoms with E-state index in [-0.39, 0.29) is 0 Å².